The molecule has 2 heterocycles. The Hall–Kier alpha value is -1.94. The summed E-state index contributed by atoms with van der Waals surface area (Å²) in [5.41, 5.74) is 14.0. The minimum atomic E-state index is -1.70. The van der Waals surface area contributed by atoms with Crippen molar-refractivity contribution in [2.24, 2.45) is 5.73 Å². The monoisotopic (exact) mass is 549 g/mol. The van der Waals surface area contributed by atoms with Gasteiger partial charge in [0, 0.05) is 21.4 Å². The summed E-state index contributed by atoms with van der Waals surface area (Å²) in [5, 5.41) is 10.3. The highest BCUT2D eigenvalue weighted by molar-refractivity contribution is 9.11. The Balaban J connectivity index is 1.85. The Morgan fingerprint density at radius 3 is 2.45 bits per heavy atom. The van der Waals surface area contributed by atoms with Crippen LogP contribution in [-0.4, -0.2) is 45.7 Å². The normalized spacial score (nSPS) is 17.7. The van der Waals surface area contributed by atoms with Crippen LogP contribution in [0.2, 0.25) is 0 Å². The van der Waals surface area contributed by atoms with E-state index in [1.54, 1.807) is 0 Å². The fourth-order valence-corrected chi connectivity index (χ4v) is 5.57. The maximum Gasteiger partial charge on any atom is 0.331 e. The van der Waals surface area contributed by atoms with Crippen LogP contribution in [0.25, 0.3) is 11.0 Å². The van der Waals surface area contributed by atoms with Gasteiger partial charge in [-0.05, 0) is 94.7 Å². The molecule has 0 spiro atoms. The number of aromatic nitrogens is 2. The van der Waals surface area contributed by atoms with E-state index in [4.69, 9.17) is 16.5 Å². The van der Waals surface area contributed by atoms with Gasteiger partial charge in [0.1, 0.15) is 5.82 Å². The van der Waals surface area contributed by atoms with Gasteiger partial charge in [0.25, 0.3) is 0 Å². The molecule has 0 bridgehead atoms. The predicted molar refractivity (Wildman–Crippen MR) is 129 cm³/mol. The number of nitrogen functional groups attached to an aromatic ring is 1. The maximum atomic E-state index is 12.6. The van der Waals surface area contributed by atoms with Crippen molar-refractivity contribution in [1.82, 2.24) is 14.5 Å². The Morgan fingerprint density at radius 1 is 1.23 bits per heavy atom. The SMILES string of the molecule is CN1CCC(n2c([C@](N)(Cc3cc(Br)c(N)c(Br)c3)C(=O)O)nc3ccccc32)CC1. The molecule has 2 aromatic carbocycles. The van der Waals surface area contributed by atoms with Crippen LogP contribution < -0.4 is 11.5 Å². The summed E-state index contributed by atoms with van der Waals surface area (Å²) in [7, 11) is 2.10. The number of carboxylic acid groups (broad SMARTS) is 1. The molecule has 9 heteroatoms. The van der Waals surface area contributed by atoms with Crippen LogP contribution in [0.1, 0.15) is 30.3 Å². The molecular weight excluding hydrogens is 526 g/mol. The van der Waals surface area contributed by atoms with Crippen LogP contribution >= 0.6 is 31.9 Å². The number of anilines is 1. The summed E-state index contributed by atoms with van der Waals surface area (Å²) in [5.74, 6) is -0.721. The van der Waals surface area contributed by atoms with E-state index < -0.39 is 11.5 Å². The zero-order valence-corrected chi connectivity index (χ0v) is 20.4. The van der Waals surface area contributed by atoms with Crippen LogP contribution in [0.15, 0.2) is 45.3 Å². The number of piperidine rings is 1. The highest BCUT2D eigenvalue weighted by Gasteiger charge is 2.43. The Morgan fingerprint density at radius 2 is 1.84 bits per heavy atom. The predicted octanol–water partition coefficient (Wildman–Crippen LogP) is 3.89. The third-order valence-electron chi connectivity index (χ3n) is 6.05. The van der Waals surface area contributed by atoms with E-state index in [0.717, 1.165) is 42.5 Å². The molecule has 1 atom stereocenters. The first-order valence-corrected chi connectivity index (χ1v) is 11.7. The molecule has 0 radical (unpaired) electrons. The summed E-state index contributed by atoms with van der Waals surface area (Å²) < 4.78 is 3.44. The number of benzene rings is 2. The number of imidazole rings is 1. The second-order valence-electron chi connectivity index (χ2n) is 8.25. The zero-order chi connectivity index (χ0) is 22.3. The first kappa shape index (κ1) is 22.3. The third kappa shape index (κ3) is 4.11. The van der Waals surface area contributed by atoms with Crippen molar-refractivity contribution in [2.45, 2.75) is 30.8 Å². The molecule has 4 rings (SSSR count). The number of nitrogens with zero attached hydrogens (tertiary/aromatic N) is 3. The van der Waals surface area contributed by atoms with E-state index in [1.807, 2.05) is 36.4 Å². The average molecular weight is 551 g/mol. The van der Waals surface area contributed by atoms with Crippen LogP contribution in [0.3, 0.4) is 0 Å². The van der Waals surface area contributed by atoms with Gasteiger partial charge in [0.2, 0.25) is 0 Å². The molecule has 0 aliphatic carbocycles. The lowest BCUT2D eigenvalue weighted by Gasteiger charge is -2.34. The van der Waals surface area contributed by atoms with Crippen molar-refractivity contribution in [3.8, 4) is 0 Å². The van der Waals surface area contributed by atoms with Gasteiger partial charge < -0.3 is 26.0 Å². The van der Waals surface area contributed by atoms with Crippen molar-refractivity contribution in [1.29, 1.82) is 0 Å². The van der Waals surface area contributed by atoms with E-state index >= 15 is 0 Å². The van der Waals surface area contributed by atoms with Gasteiger partial charge in [0.05, 0.1) is 16.7 Å². The standard InChI is InChI=1S/C22H25Br2N5O2/c1-28-8-6-14(7-9-28)29-18-5-3-2-4-17(18)27-20(29)22(26,21(30)31)12-13-10-15(23)19(25)16(24)11-13/h2-5,10-11,14H,6-9,12,25-26H2,1H3,(H,30,31)/t22-/m1/s1. The molecule has 1 aliphatic rings. The highest BCUT2D eigenvalue weighted by Crippen LogP contribution is 2.36. The Labute approximate surface area is 197 Å². The number of nitrogens with two attached hydrogens (primary N) is 2. The molecule has 1 saturated heterocycles. The number of carboxylic acids is 1. The van der Waals surface area contributed by atoms with Gasteiger partial charge in [-0.1, -0.05) is 12.1 Å². The van der Waals surface area contributed by atoms with Crippen LogP contribution in [-0.2, 0) is 16.8 Å². The van der Waals surface area contributed by atoms with Gasteiger partial charge in [-0.2, -0.15) is 0 Å². The topological polar surface area (TPSA) is 110 Å². The lowest BCUT2D eigenvalue weighted by atomic mass is 9.90. The number of rotatable bonds is 5. The molecule has 164 valence electrons. The van der Waals surface area contributed by atoms with Gasteiger partial charge in [0.15, 0.2) is 5.54 Å². The Kier molecular flexibility index (Phi) is 6.13. The first-order chi connectivity index (χ1) is 14.7. The van der Waals surface area contributed by atoms with Gasteiger partial charge in [-0.25, -0.2) is 9.78 Å². The smallest absolute Gasteiger partial charge is 0.331 e. The summed E-state index contributed by atoms with van der Waals surface area (Å²) in [4.78, 5) is 19.6. The van der Waals surface area contributed by atoms with E-state index in [9.17, 15) is 9.90 Å². The quantitative estimate of drug-likeness (QED) is 0.416. The number of hydrogen-bond acceptors (Lipinski definition) is 5. The van der Waals surface area contributed by atoms with Gasteiger partial charge in [-0.3, -0.25) is 0 Å². The minimum Gasteiger partial charge on any atom is -0.480 e. The highest BCUT2D eigenvalue weighted by atomic mass is 79.9. The number of halogens is 2. The average Bonchev–Trinajstić information content (AvgIpc) is 3.12. The maximum absolute atomic E-state index is 12.6. The second-order valence-corrected chi connectivity index (χ2v) is 9.96. The van der Waals surface area contributed by atoms with Crippen LogP contribution in [0, 0.1) is 0 Å². The Bertz CT molecular complexity index is 1120. The van der Waals surface area contributed by atoms with Crippen molar-refractivity contribution in [3.63, 3.8) is 0 Å². The molecule has 1 aromatic heterocycles. The summed E-state index contributed by atoms with van der Waals surface area (Å²) in [6, 6.07) is 11.5. The molecule has 31 heavy (non-hydrogen) atoms. The number of para-hydroxylation sites is 2. The molecule has 0 amide bonds. The molecule has 0 unspecified atom stereocenters. The lowest BCUT2D eigenvalue weighted by molar-refractivity contribution is -0.144. The first-order valence-electron chi connectivity index (χ1n) is 10.1. The summed E-state index contributed by atoms with van der Waals surface area (Å²) >= 11 is 6.88. The van der Waals surface area contributed by atoms with Gasteiger partial charge in [-0.15, -0.1) is 0 Å². The number of aliphatic carboxylic acids is 1. The second kappa shape index (κ2) is 8.54. The molecule has 1 fully saturated rings. The van der Waals surface area contributed by atoms with E-state index in [2.05, 4.69) is 48.4 Å². The fraction of sp³-hybridized carbons (Fsp3) is 0.364. The fourth-order valence-electron chi connectivity index (χ4n) is 4.29. The van der Waals surface area contributed by atoms with E-state index in [1.165, 1.54) is 0 Å². The number of carbonyl (C=O) groups is 1. The largest absolute Gasteiger partial charge is 0.480 e. The van der Waals surface area contributed by atoms with E-state index in [-0.39, 0.29) is 12.5 Å². The molecule has 1 aliphatic heterocycles. The molecule has 3 aromatic rings. The number of fused-ring (bicyclic) bond motifs is 1. The van der Waals surface area contributed by atoms with Crippen LogP contribution in [0.5, 0.6) is 0 Å². The third-order valence-corrected chi connectivity index (χ3v) is 7.36. The molecule has 5 N–H and O–H groups in total. The van der Waals surface area contributed by atoms with Crippen molar-refractivity contribution >= 4 is 54.5 Å². The lowest BCUT2D eigenvalue weighted by Crippen LogP contribution is -2.49. The van der Waals surface area contributed by atoms with E-state index in [0.29, 0.717) is 20.5 Å². The van der Waals surface area contributed by atoms with Crippen molar-refractivity contribution < 1.29 is 9.90 Å². The summed E-state index contributed by atoms with van der Waals surface area (Å²) in [6.07, 6.45) is 1.91. The van der Waals surface area contributed by atoms with Crippen molar-refractivity contribution in [3.05, 3.63) is 56.7 Å². The number of hydrogen-bond donors (Lipinski definition) is 3. The molecule has 0 saturated carbocycles. The summed E-state index contributed by atoms with van der Waals surface area (Å²) in [6.45, 7) is 1.89. The van der Waals surface area contributed by atoms with Crippen LogP contribution in [0.4, 0.5) is 5.69 Å². The molecule has 7 nitrogen and oxygen atoms in total. The van der Waals surface area contributed by atoms with Crippen molar-refractivity contribution in [2.75, 3.05) is 25.9 Å². The zero-order valence-electron chi connectivity index (χ0n) is 17.2. The molecular formula is C22H25Br2N5O2. The number of likely N-dealkylation sites (tertiary alicyclic amines) is 1. The van der Waals surface area contributed by atoms with Gasteiger partial charge >= 0.3 is 5.97 Å². The minimum absolute atomic E-state index is 0.0791.